The number of rotatable bonds is 9. The zero-order valence-electron chi connectivity index (χ0n) is 25.0. The van der Waals surface area contributed by atoms with Gasteiger partial charge in [0.1, 0.15) is 23.4 Å². The van der Waals surface area contributed by atoms with Gasteiger partial charge in [-0.15, -0.1) is 0 Å². The van der Waals surface area contributed by atoms with Crippen LogP contribution in [0, 0.1) is 12.8 Å². The number of amides is 3. The number of aryl methyl sites for hydroxylation is 1. The van der Waals surface area contributed by atoms with Crippen LogP contribution in [-0.2, 0) is 14.3 Å². The molecule has 2 aromatic carbocycles. The topological polar surface area (TPSA) is 97.0 Å². The van der Waals surface area contributed by atoms with E-state index in [1.165, 1.54) is 0 Å². The molecule has 39 heavy (non-hydrogen) atoms. The maximum absolute atomic E-state index is 14.3. The van der Waals surface area contributed by atoms with Crippen molar-refractivity contribution < 1.29 is 23.9 Å². The summed E-state index contributed by atoms with van der Waals surface area (Å²) in [6.07, 6.45) is -0.296. The van der Waals surface area contributed by atoms with Crippen molar-refractivity contribution in [3.05, 3.63) is 59.7 Å². The van der Waals surface area contributed by atoms with E-state index in [0.717, 1.165) is 5.56 Å². The minimum atomic E-state index is -0.963. The highest BCUT2D eigenvalue weighted by Gasteiger charge is 2.42. The van der Waals surface area contributed by atoms with E-state index in [2.05, 4.69) is 10.6 Å². The van der Waals surface area contributed by atoms with Crippen molar-refractivity contribution >= 4 is 23.6 Å². The van der Waals surface area contributed by atoms with Gasteiger partial charge in [0.25, 0.3) is 5.91 Å². The Kier molecular flexibility index (Phi) is 10.6. The monoisotopic (exact) mass is 539 g/mol. The van der Waals surface area contributed by atoms with Gasteiger partial charge in [0.2, 0.25) is 5.91 Å². The number of carbonyl (C=O) groups excluding carboxylic acids is 3. The number of hydrogen-bond acceptors (Lipinski definition) is 5. The molecule has 0 radical (unpaired) electrons. The zero-order chi connectivity index (χ0) is 29.5. The van der Waals surface area contributed by atoms with Gasteiger partial charge in [-0.3, -0.25) is 9.59 Å². The largest absolute Gasteiger partial charge is 0.497 e. The van der Waals surface area contributed by atoms with Crippen molar-refractivity contribution in [3.63, 3.8) is 0 Å². The van der Waals surface area contributed by atoms with Crippen LogP contribution in [0.3, 0.4) is 0 Å². The summed E-state index contributed by atoms with van der Waals surface area (Å²) < 4.78 is 10.7. The molecule has 214 valence electrons. The first-order chi connectivity index (χ1) is 18.0. The lowest BCUT2D eigenvalue weighted by molar-refractivity contribution is -0.147. The number of hydrogen-bond donors (Lipinski definition) is 2. The van der Waals surface area contributed by atoms with E-state index in [9.17, 15) is 14.4 Å². The minimum Gasteiger partial charge on any atom is -0.497 e. The summed E-state index contributed by atoms with van der Waals surface area (Å²) in [7, 11) is 1.58. The molecule has 8 heteroatoms. The Balaban J connectivity index is 2.56. The molecule has 2 unspecified atom stereocenters. The third-order valence-corrected chi connectivity index (χ3v) is 5.91. The average Bonchev–Trinajstić information content (AvgIpc) is 2.80. The Labute approximate surface area is 233 Å². The van der Waals surface area contributed by atoms with Gasteiger partial charge < -0.3 is 25.0 Å². The Morgan fingerprint density at radius 3 is 1.92 bits per heavy atom. The predicted molar refractivity (Wildman–Crippen MR) is 155 cm³/mol. The number of alkyl carbamates (subject to hydrolysis) is 1. The Morgan fingerprint density at radius 1 is 0.897 bits per heavy atom. The van der Waals surface area contributed by atoms with Gasteiger partial charge in [-0.05, 0) is 90.6 Å². The van der Waals surface area contributed by atoms with Gasteiger partial charge in [-0.2, -0.15) is 0 Å². The molecule has 0 aliphatic heterocycles. The van der Waals surface area contributed by atoms with Crippen LogP contribution in [0.15, 0.2) is 48.5 Å². The standard InChI is InChI=1S/C31H45N3O5/c1-20(2)19-25(33-29(37)39-31(7,8)9)28(36)34(30(4,5)6)26(22-13-11-21(3)12-14-22)27(35)32-23-15-17-24(38-10)18-16-23/h11-18,20,25-26H,19H2,1-10H3,(H,32,35)(H,33,37). The summed E-state index contributed by atoms with van der Waals surface area (Å²) in [4.78, 5) is 42.6. The van der Waals surface area contributed by atoms with Gasteiger partial charge in [-0.25, -0.2) is 4.79 Å². The van der Waals surface area contributed by atoms with Crippen LogP contribution >= 0.6 is 0 Å². The number of nitrogens with one attached hydrogen (secondary N) is 2. The highest BCUT2D eigenvalue weighted by atomic mass is 16.6. The maximum atomic E-state index is 14.3. The number of ether oxygens (including phenoxy) is 2. The van der Waals surface area contributed by atoms with E-state index in [1.54, 1.807) is 57.0 Å². The first kappa shape index (κ1) is 31.7. The summed E-state index contributed by atoms with van der Waals surface area (Å²) in [5, 5.41) is 5.74. The smallest absolute Gasteiger partial charge is 0.408 e. The first-order valence-electron chi connectivity index (χ1n) is 13.4. The predicted octanol–water partition coefficient (Wildman–Crippen LogP) is 6.25. The van der Waals surface area contributed by atoms with Crippen LogP contribution in [-0.4, -0.2) is 47.1 Å². The van der Waals surface area contributed by atoms with Gasteiger partial charge >= 0.3 is 6.09 Å². The summed E-state index contributed by atoms with van der Waals surface area (Å²) in [5.41, 5.74) is 0.780. The van der Waals surface area contributed by atoms with Gasteiger partial charge in [0.05, 0.1) is 7.11 Å². The third kappa shape index (κ3) is 9.61. The number of methoxy groups -OCH3 is 1. The van der Waals surface area contributed by atoms with Crippen molar-refractivity contribution in [2.45, 2.75) is 92.0 Å². The van der Waals surface area contributed by atoms with Crippen molar-refractivity contribution in [2.75, 3.05) is 12.4 Å². The third-order valence-electron chi connectivity index (χ3n) is 5.91. The number of carbonyl (C=O) groups is 3. The van der Waals surface area contributed by atoms with Crippen molar-refractivity contribution in [3.8, 4) is 5.75 Å². The Morgan fingerprint density at radius 2 is 1.46 bits per heavy atom. The summed E-state index contributed by atoms with van der Waals surface area (Å²) >= 11 is 0. The second-order valence-corrected chi connectivity index (χ2v) is 12.2. The van der Waals surface area contributed by atoms with E-state index >= 15 is 0 Å². The molecule has 0 saturated carbocycles. The lowest BCUT2D eigenvalue weighted by Gasteiger charge is -2.43. The molecular weight excluding hydrogens is 494 g/mol. The summed E-state index contributed by atoms with van der Waals surface area (Å²) in [5.74, 6) is 0.0337. The fraction of sp³-hybridized carbons (Fsp3) is 0.516. The van der Waals surface area contributed by atoms with Gasteiger partial charge in [0.15, 0.2) is 0 Å². The number of benzene rings is 2. The van der Waals surface area contributed by atoms with E-state index in [1.807, 2.05) is 65.8 Å². The van der Waals surface area contributed by atoms with Crippen LogP contribution in [0.5, 0.6) is 5.75 Å². The normalized spacial score (nSPS) is 13.3. The van der Waals surface area contributed by atoms with Crippen molar-refractivity contribution in [2.24, 2.45) is 5.92 Å². The molecule has 0 saturated heterocycles. The van der Waals surface area contributed by atoms with Crippen LogP contribution < -0.4 is 15.4 Å². The van der Waals surface area contributed by atoms with Crippen LogP contribution in [0.1, 0.15) is 79.0 Å². The molecule has 2 rings (SSSR count). The quantitative estimate of drug-likeness (QED) is 0.393. The van der Waals surface area contributed by atoms with Crippen molar-refractivity contribution in [1.29, 1.82) is 0 Å². The Bertz CT molecular complexity index is 1110. The maximum Gasteiger partial charge on any atom is 0.408 e. The Hall–Kier alpha value is -3.55. The molecule has 2 atom stereocenters. The minimum absolute atomic E-state index is 0.0988. The number of anilines is 1. The molecule has 8 nitrogen and oxygen atoms in total. The van der Waals surface area contributed by atoms with E-state index in [4.69, 9.17) is 9.47 Å². The van der Waals surface area contributed by atoms with Crippen molar-refractivity contribution in [1.82, 2.24) is 10.2 Å². The molecule has 0 spiro atoms. The second-order valence-electron chi connectivity index (χ2n) is 12.2. The fourth-order valence-electron chi connectivity index (χ4n) is 4.21. The van der Waals surface area contributed by atoms with Crippen LogP contribution in [0.25, 0.3) is 0 Å². The summed E-state index contributed by atoms with van der Waals surface area (Å²) in [6.45, 7) is 16.9. The highest BCUT2D eigenvalue weighted by Crippen LogP contribution is 2.32. The molecule has 2 N–H and O–H groups in total. The molecule has 2 aromatic rings. The highest BCUT2D eigenvalue weighted by molar-refractivity contribution is 5.99. The first-order valence-corrected chi connectivity index (χ1v) is 13.4. The molecule has 3 amide bonds. The van der Waals surface area contributed by atoms with Gasteiger partial charge in [-0.1, -0.05) is 43.7 Å². The molecule has 0 fully saturated rings. The second kappa shape index (κ2) is 13.0. The van der Waals surface area contributed by atoms with E-state index < -0.39 is 29.3 Å². The lowest BCUT2D eigenvalue weighted by Crippen LogP contribution is -2.58. The fourth-order valence-corrected chi connectivity index (χ4v) is 4.21. The molecule has 0 aromatic heterocycles. The molecular formula is C31H45N3O5. The van der Waals surface area contributed by atoms with Crippen LogP contribution in [0.4, 0.5) is 10.5 Å². The SMILES string of the molecule is COc1ccc(NC(=O)C(c2ccc(C)cc2)N(C(=O)C(CC(C)C)NC(=O)OC(C)(C)C)C(C)(C)C)cc1. The number of nitrogens with zero attached hydrogens (tertiary/aromatic N) is 1. The average molecular weight is 540 g/mol. The molecule has 0 heterocycles. The lowest BCUT2D eigenvalue weighted by atomic mass is 9.93. The summed E-state index contributed by atoms with van der Waals surface area (Å²) in [6, 6.07) is 12.7. The van der Waals surface area contributed by atoms with E-state index in [0.29, 0.717) is 23.4 Å². The molecule has 0 aliphatic carbocycles. The molecule has 0 bridgehead atoms. The van der Waals surface area contributed by atoms with Gasteiger partial charge in [0, 0.05) is 11.2 Å². The van der Waals surface area contributed by atoms with Crippen LogP contribution in [0.2, 0.25) is 0 Å². The zero-order valence-corrected chi connectivity index (χ0v) is 25.0. The van der Waals surface area contributed by atoms with E-state index in [-0.39, 0.29) is 17.7 Å². The molecule has 0 aliphatic rings.